The monoisotopic (exact) mass is 402 g/mol. The molecule has 0 radical (unpaired) electrons. The first kappa shape index (κ1) is 18.9. The zero-order valence-corrected chi connectivity index (χ0v) is 16.6. The number of carbonyl (C=O) groups is 2. The normalized spacial score (nSPS) is 18.5. The maximum atomic E-state index is 13.9. The molecule has 0 bridgehead atoms. The van der Waals surface area contributed by atoms with Crippen LogP contribution < -0.4 is 4.74 Å². The third-order valence-corrected chi connectivity index (χ3v) is 6.34. The van der Waals surface area contributed by atoms with Crippen LogP contribution in [-0.2, 0) is 16.0 Å². The number of benzene rings is 1. The number of hydrogen-bond acceptors (Lipinski definition) is 4. The van der Waals surface area contributed by atoms with E-state index >= 15 is 0 Å². The second-order valence-corrected chi connectivity index (χ2v) is 8.27. The topological polar surface area (TPSA) is 49.9 Å². The number of ether oxygens (including phenoxy) is 1. The summed E-state index contributed by atoms with van der Waals surface area (Å²) >= 11 is 1.67. The van der Waals surface area contributed by atoms with E-state index in [-0.39, 0.29) is 42.8 Å². The van der Waals surface area contributed by atoms with Gasteiger partial charge in [-0.1, -0.05) is 12.1 Å². The Morgan fingerprint density at radius 2 is 2.07 bits per heavy atom. The van der Waals surface area contributed by atoms with Crippen molar-refractivity contribution in [3.63, 3.8) is 0 Å². The Labute approximate surface area is 167 Å². The molecule has 1 aliphatic carbocycles. The van der Waals surface area contributed by atoms with E-state index in [1.165, 1.54) is 17.9 Å². The van der Waals surface area contributed by atoms with Gasteiger partial charge >= 0.3 is 0 Å². The van der Waals surface area contributed by atoms with Gasteiger partial charge < -0.3 is 14.5 Å². The summed E-state index contributed by atoms with van der Waals surface area (Å²) in [5.41, 5.74) is 1.06. The highest BCUT2D eigenvalue weighted by molar-refractivity contribution is 7.10. The van der Waals surface area contributed by atoms with Crippen LogP contribution in [0.1, 0.15) is 36.2 Å². The summed E-state index contributed by atoms with van der Waals surface area (Å²) < 4.78 is 19.7. The number of hydrogen-bond donors (Lipinski definition) is 0. The molecular weight excluding hydrogens is 379 g/mol. The molecule has 2 aromatic rings. The molecule has 1 aliphatic heterocycles. The van der Waals surface area contributed by atoms with Crippen molar-refractivity contribution in [2.75, 3.05) is 19.7 Å². The quantitative estimate of drug-likeness (QED) is 0.744. The number of amides is 2. The number of fused-ring (bicyclic) bond motifs is 1. The number of nitrogens with zero attached hydrogens (tertiary/aromatic N) is 2. The van der Waals surface area contributed by atoms with Gasteiger partial charge in [0.1, 0.15) is 13.2 Å². The molecule has 0 unspecified atom stereocenters. The lowest BCUT2D eigenvalue weighted by molar-refractivity contribution is -0.142. The molecule has 148 valence electrons. The molecule has 2 amide bonds. The Balaban J connectivity index is 1.52. The van der Waals surface area contributed by atoms with Crippen LogP contribution >= 0.6 is 11.3 Å². The van der Waals surface area contributed by atoms with Gasteiger partial charge in [-0.25, -0.2) is 4.39 Å². The molecule has 5 nitrogen and oxygen atoms in total. The van der Waals surface area contributed by atoms with Gasteiger partial charge in [0.15, 0.2) is 11.6 Å². The Hall–Kier alpha value is -2.41. The molecule has 1 aromatic heterocycles. The minimum atomic E-state index is -0.418. The first-order chi connectivity index (χ1) is 13.5. The van der Waals surface area contributed by atoms with Crippen molar-refractivity contribution >= 4 is 23.2 Å². The van der Waals surface area contributed by atoms with E-state index in [1.54, 1.807) is 39.3 Å². The van der Waals surface area contributed by atoms with E-state index in [1.807, 2.05) is 11.4 Å². The SMILES string of the molecule is CC(=O)N(CC(=O)N1CCc2sccc2[C@H]1COc1ccccc1F)C1CC1. The van der Waals surface area contributed by atoms with E-state index in [4.69, 9.17) is 4.74 Å². The summed E-state index contributed by atoms with van der Waals surface area (Å²) in [6, 6.07) is 8.20. The van der Waals surface area contributed by atoms with E-state index in [0.717, 1.165) is 24.8 Å². The van der Waals surface area contributed by atoms with Crippen molar-refractivity contribution in [2.24, 2.45) is 0 Å². The minimum absolute atomic E-state index is 0.0664. The van der Waals surface area contributed by atoms with Crippen molar-refractivity contribution < 1.29 is 18.7 Å². The fraction of sp³-hybridized carbons (Fsp3) is 0.429. The number of thiophene rings is 1. The summed E-state index contributed by atoms with van der Waals surface area (Å²) in [6.07, 6.45) is 2.71. The van der Waals surface area contributed by atoms with Crippen molar-refractivity contribution in [1.29, 1.82) is 0 Å². The molecule has 1 fully saturated rings. The lowest BCUT2D eigenvalue weighted by Crippen LogP contribution is -2.48. The first-order valence-electron chi connectivity index (χ1n) is 9.55. The van der Waals surface area contributed by atoms with Crippen molar-refractivity contribution in [3.8, 4) is 5.75 Å². The Morgan fingerprint density at radius 3 is 2.79 bits per heavy atom. The fourth-order valence-electron chi connectivity index (χ4n) is 3.73. The van der Waals surface area contributed by atoms with Crippen LogP contribution in [0.15, 0.2) is 35.7 Å². The molecule has 4 rings (SSSR count). The summed E-state index contributed by atoms with van der Waals surface area (Å²) in [4.78, 5) is 29.7. The smallest absolute Gasteiger partial charge is 0.242 e. The highest BCUT2D eigenvalue weighted by Crippen LogP contribution is 2.35. The average molecular weight is 402 g/mol. The number of rotatable bonds is 6. The molecule has 1 atom stereocenters. The fourth-order valence-corrected chi connectivity index (χ4v) is 4.65. The van der Waals surface area contributed by atoms with Gasteiger partial charge in [-0.15, -0.1) is 11.3 Å². The molecule has 1 aromatic carbocycles. The Bertz CT molecular complexity index is 880. The third-order valence-electron chi connectivity index (χ3n) is 5.35. The summed E-state index contributed by atoms with van der Waals surface area (Å²) in [5.74, 6) is -0.386. The molecule has 1 saturated carbocycles. The van der Waals surface area contributed by atoms with Crippen LogP contribution in [0.5, 0.6) is 5.75 Å². The van der Waals surface area contributed by atoms with Gasteiger partial charge in [-0.3, -0.25) is 9.59 Å². The van der Waals surface area contributed by atoms with Crippen molar-refractivity contribution in [2.45, 2.75) is 38.3 Å². The summed E-state index contributed by atoms with van der Waals surface area (Å²) in [5, 5.41) is 2.01. The first-order valence-corrected chi connectivity index (χ1v) is 10.4. The standard InChI is InChI=1S/C21H23FN2O3S/c1-14(25)24(15-6-7-15)12-21(26)23-10-8-20-16(9-11-28-20)18(23)13-27-19-5-3-2-4-17(19)22/h2-5,9,11,15,18H,6-8,10,12-13H2,1H3/t18-/m1/s1. The van der Waals surface area contributed by atoms with Gasteiger partial charge in [0, 0.05) is 24.4 Å². The maximum absolute atomic E-state index is 13.9. The summed E-state index contributed by atoms with van der Waals surface area (Å²) in [7, 11) is 0. The highest BCUT2D eigenvalue weighted by Gasteiger charge is 2.37. The van der Waals surface area contributed by atoms with Gasteiger partial charge in [0.05, 0.1) is 6.04 Å². The summed E-state index contributed by atoms with van der Waals surface area (Å²) in [6.45, 7) is 2.36. The molecule has 2 heterocycles. The molecule has 0 spiro atoms. The molecule has 2 aliphatic rings. The van der Waals surface area contributed by atoms with Crippen LogP contribution in [0.4, 0.5) is 4.39 Å². The van der Waals surface area contributed by atoms with E-state index in [2.05, 4.69) is 0 Å². The molecule has 0 N–H and O–H groups in total. The molecule has 7 heteroatoms. The molecule has 0 saturated heterocycles. The number of para-hydroxylation sites is 1. The maximum Gasteiger partial charge on any atom is 0.242 e. The van der Waals surface area contributed by atoms with E-state index in [0.29, 0.717) is 6.54 Å². The van der Waals surface area contributed by atoms with Crippen molar-refractivity contribution in [3.05, 3.63) is 52.0 Å². The Kier molecular flexibility index (Phi) is 5.35. The lowest BCUT2D eigenvalue weighted by atomic mass is 10.0. The van der Waals surface area contributed by atoms with Crippen LogP contribution in [-0.4, -0.2) is 47.4 Å². The van der Waals surface area contributed by atoms with Crippen LogP contribution in [0.3, 0.4) is 0 Å². The second-order valence-electron chi connectivity index (χ2n) is 7.27. The van der Waals surface area contributed by atoms with Crippen molar-refractivity contribution in [1.82, 2.24) is 9.80 Å². The zero-order chi connectivity index (χ0) is 19.7. The van der Waals surface area contributed by atoms with Gasteiger partial charge in [-0.05, 0) is 48.4 Å². The van der Waals surface area contributed by atoms with Gasteiger partial charge in [-0.2, -0.15) is 0 Å². The van der Waals surface area contributed by atoms with Gasteiger partial charge in [0.2, 0.25) is 11.8 Å². The third kappa shape index (κ3) is 3.90. The highest BCUT2D eigenvalue weighted by atomic mass is 32.1. The second kappa shape index (κ2) is 7.91. The van der Waals surface area contributed by atoms with Crippen LogP contribution in [0.2, 0.25) is 0 Å². The average Bonchev–Trinajstić information content (AvgIpc) is 3.40. The largest absolute Gasteiger partial charge is 0.488 e. The predicted molar refractivity (Wildman–Crippen MR) is 105 cm³/mol. The van der Waals surface area contributed by atoms with E-state index in [9.17, 15) is 14.0 Å². The molecule has 28 heavy (non-hydrogen) atoms. The van der Waals surface area contributed by atoms with E-state index < -0.39 is 5.82 Å². The minimum Gasteiger partial charge on any atom is -0.488 e. The number of halogens is 1. The number of carbonyl (C=O) groups excluding carboxylic acids is 2. The zero-order valence-electron chi connectivity index (χ0n) is 15.8. The van der Waals surface area contributed by atoms with Crippen LogP contribution in [0, 0.1) is 5.82 Å². The molecular formula is C21H23FN2O3S. The van der Waals surface area contributed by atoms with Crippen LogP contribution in [0.25, 0.3) is 0 Å². The lowest BCUT2D eigenvalue weighted by Gasteiger charge is -2.37. The van der Waals surface area contributed by atoms with Gasteiger partial charge in [0.25, 0.3) is 0 Å². The predicted octanol–water partition coefficient (Wildman–Crippen LogP) is 3.40. The Morgan fingerprint density at radius 1 is 1.29 bits per heavy atom.